The first-order valence-electron chi connectivity index (χ1n) is 9.20. The zero-order chi connectivity index (χ0) is 19.5. The zero-order valence-corrected chi connectivity index (χ0v) is 15.2. The minimum Gasteiger partial charge on any atom is -0.468 e. The summed E-state index contributed by atoms with van der Waals surface area (Å²) in [6.45, 7) is 1.69. The molecule has 2 heterocycles. The summed E-state index contributed by atoms with van der Waals surface area (Å²) in [5.41, 5.74) is 1.98. The Kier molecular flexibility index (Phi) is 5.21. The summed E-state index contributed by atoms with van der Waals surface area (Å²) in [5, 5.41) is 2.67. The summed E-state index contributed by atoms with van der Waals surface area (Å²) in [6.07, 6.45) is 2.47. The molecule has 0 bridgehead atoms. The molecule has 1 N–H and O–H groups in total. The number of amides is 1. The smallest absolute Gasteiger partial charge is 0.257 e. The number of rotatable bonds is 5. The minimum atomic E-state index is -0.876. The van der Waals surface area contributed by atoms with Crippen LogP contribution in [0.25, 0.3) is 0 Å². The molecule has 0 saturated carbocycles. The lowest BCUT2D eigenvalue weighted by molar-refractivity contribution is 0.0911. The van der Waals surface area contributed by atoms with E-state index in [1.165, 1.54) is 17.2 Å². The van der Waals surface area contributed by atoms with Crippen molar-refractivity contribution in [2.45, 2.75) is 19.0 Å². The van der Waals surface area contributed by atoms with E-state index < -0.39 is 23.1 Å². The largest absolute Gasteiger partial charge is 0.468 e. The number of halogens is 2. The molecule has 0 fully saturated rings. The first-order valence-corrected chi connectivity index (χ1v) is 9.20. The van der Waals surface area contributed by atoms with Gasteiger partial charge in [-0.3, -0.25) is 9.69 Å². The van der Waals surface area contributed by atoms with E-state index in [4.69, 9.17) is 4.42 Å². The van der Waals surface area contributed by atoms with Gasteiger partial charge in [0.1, 0.15) is 23.0 Å². The Morgan fingerprint density at radius 3 is 2.50 bits per heavy atom. The molecule has 4 rings (SSSR count). The third-order valence-corrected chi connectivity index (χ3v) is 5.12. The second kappa shape index (κ2) is 7.94. The summed E-state index contributed by atoms with van der Waals surface area (Å²) >= 11 is 0. The molecule has 0 spiro atoms. The standard InChI is InChI=1S/C22H20F2N2O2/c23-17-7-3-8-18(24)21(17)22(27)25-13-19(20-9-4-12-28-20)26-11-10-15-5-1-2-6-16(15)14-26/h1-9,12,19H,10-11,13-14H2,(H,25,27)/t19-/m0/s1. The van der Waals surface area contributed by atoms with E-state index in [1.54, 1.807) is 12.3 Å². The minimum absolute atomic E-state index is 0.183. The van der Waals surface area contributed by atoms with Gasteiger partial charge in [-0.25, -0.2) is 8.78 Å². The molecule has 4 nitrogen and oxygen atoms in total. The lowest BCUT2D eigenvalue weighted by Gasteiger charge is -2.34. The number of nitrogens with one attached hydrogen (secondary N) is 1. The maximum absolute atomic E-state index is 13.9. The van der Waals surface area contributed by atoms with Crippen molar-refractivity contribution in [1.29, 1.82) is 0 Å². The number of furan rings is 1. The molecule has 0 aliphatic carbocycles. The normalized spacial score (nSPS) is 15.1. The van der Waals surface area contributed by atoms with Crippen LogP contribution < -0.4 is 5.32 Å². The Morgan fingerprint density at radius 2 is 1.79 bits per heavy atom. The van der Waals surface area contributed by atoms with Gasteiger partial charge in [0.2, 0.25) is 0 Å². The Labute approximate surface area is 161 Å². The molecule has 28 heavy (non-hydrogen) atoms. The Balaban J connectivity index is 1.53. The fraction of sp³-hybridized carbons (Fsp3) is 0.227. The number of nitrogens with zero attached hydrogens (tertiary/aromatic N) is 1. The second-order valence-corrected chi connectivity index (χ2v) is 6.83. The van der Waals surface area contributed by atoms with Crippen LogP contribution >= 0.6 is 0 Å². The molecule has 2 aromatic carbocycles. The molecule has 144 valence electrons. The highest BCUT2D eigenvalue weighted by molar-refractivity contribution is 5.94. The number of hydrogen-bond donors (Lipinski definition) is 1. The maximum Gasteiger partial charge on any atom is 0.257 e. The highest BCUT2D eigenvalue weighted by Crippen LogP contribution is 2.28. The predicted octanol–water partition coefficient (Wildman–Crippen LogP) is 4.09. The fourth-order valence-corrected chi connectivity index (χ4v) is 3.67. The van der Waals surface area contributed by atoms with E-state index in [1.807, 2.05) is 18.2 Å². The fourth-order valence-electron chi connectivity index (χ4n) is 3.67. The maximum atomic E-state index is 13.9. The van der Waals surface area contributed by atoms with Crippen LogP contribution in [0.15, 0.2) is 65.3 Å². The van der Waals surface area contributed by atoms with Crippen molar-refractivity contribution in [2.24, 2.45) is 0 Å². The lowest BCUT2D eigenvalue weighted by atomic mass is 9.98. The van der Waals surface area contributed by atoms with Gasteiger partial charge in [0.25, 0.3) is 5.91 Å². The van der Waals surface area contributed by atoms with Crippen molar-refractivity contribution in [3.8, 4) is 0 Å². The van der Waals surface area contributed by atoms with E-state index in [2.05, 4.69) is 22.3 Å². The zero-order valence-electron chi connectivity index (χ0n) is 15.2. The van der Waals surface area contributed by atoms with Crippen molar-refractivity contribution in [1.82, 2.24) is 10.2 Å². The highest BCUT2D eigenvalue weighted by Gasteiger charge is 2.28. The number of carbonyl (C=O) groups is 1. The third-order valence-electron chi connectivity index (χ3n) is 5.12. The molecule has 1 amide bonds. The van der Waals surface area contributed by atoms with Gasteiger partial charge >= 0.3 is 0 Å². The van der Waals surface area contributed by atoms with Crippen molar-refractivity contribution in [2.75, 3.05) is 13.1 Å². The Hall–Kier alpha value is -2.99. The van der Waals surface area contributed by atoms with Crippen LogP contribution in [-0.4, -0.2) is 23.9 Å². The summed E-state index contributed by atoms with van der Waals surface area (Å²) in [5.74, 6) is -1.82. The third kappa shape index (κ3) is 3.68. The number of carbonyl (C=O) groups excluding carboxylic acids is 1. The van der Waals surface area contributed by atoms with E-state index in [-0.39, 0.29) is 12.6 Å². The van der Waals surface area contributed by atoms with Gasteiger partial charge in [0, 0.05) is 19.6 Å². The predicted molar refractivity (Wildman–Crippen MR) is 101 cm³/mol. The van der Waals surface area contributed by atoms with Gasteiger partial charge in [-0.05, 0) is 41.8 Å². The van der Waals surface area contributed by atoms with Gasteiger partial charge < -0.3 is 9.73 Å². The van der Waals surface area contributed by atoms with Gasteiger partial charge in [-0.2, -0.15) is 0 Å². The van der Waals surface area contributed by atoms with E-state index in [0.717, 1.165) is 25.1 Å². The Morgan fingerprint density at radius 1 is 1.04 bits per heavy atom. The summed E-state index contributed by atoms with van der Waals surface area (Å²) in [6, 6.07) is 15.0. The van der Waals surface area contributed by atoms with Gasteiger partial charge in [0.05, 0.1) is 12.3 Å². The monoisotopic (exact) mass is 382 g/mol. The number of fused-ring (bicyclic) bond motifs is 1. The van der Waals surface area contributed by atoms with Crippen molar-refractivity contribution >= 4 is 5.91 Å². The van der Waals surface area contributed by atoms with Crippen LogP contribution in [-0.2, 0) is 13.0 Å². The second-order valence-electron chi connectivity index (χ2n) is 6.83. The van der Waals surface area contributed by atoms with Gasteiger partial charge in [-0.1, -0.05) is 30.3 Å². The first kappa shape index (κ1) is 18.4. The molecule has 0 radical (unpaired) electrons. The molecule has 1 atom stereocenters. The number of hydrogen-bond acceptors (Lipinski definition) is 3. The van der Waals surface area contributed by atoms with E-state index in [9.17, 15) is 13.6 Å². The Bertz CT molecular complexity index is 952. The molecule has 1 aliphatic heterocycles. The van der Waals surface area contributed by atoms with Crippen LogP contribution in [0.3, 0.4) is 0 Å². The van der Waals surface area contributed by atoms with Crippen molar-refractivity contribution < 1.29 is 18.0 Å². The highest BCUT2D eigenvalue weighted by atomic mass is 19.1. The van der Waals surface area contributed by atoms with E-state index >= 15 is 0 Å². The topological polar surface area (TPSA) is 45.5 Å². The SMILES string of the molecule is O=C(NC[C@@H](c1ccco1)N1CCc2ccccc2C1)c1c(F)cccc1F. The number of benzene rings is 2. The van der Waals surface area contributed by atoms with Gasteiger partial charge in [0.15, 0.2) is 0 Å². The molecule has 3 aromatic rings. The van der Waals surface area contributed by atoms with E-state index in [0.29, 0.717) is 12.3 Å². The molecular formula is C22H20F2N2O2. The van der Waals surface area contributed by atoms with Crippen LogP contribution in [0.1, 0.15) is 33.3 Å². The van der Waals surface area contributed by atoms with Crippen molar-refractivity contribution in [3.63, 3.8) is 0 Å². The lowest BCUT2D eigenvalue weighted by Crippen LogP contribution is -2.40. The average Bonchev–Trinajstić information content (AvgIpc) is 3.22. The molecule has 6 heteroatoms. The summed E-state index contributed by atoms with van der Waals surface area (Å²) < 4.78 is 33.4. The van der Waals surface area contributed by atoms with Crippen LogP contribution in [0, 0.1) is 11.6 Å². The van der Waals surface area contributed by atoms with Crippen molar-refractivity contribution in [3.05, 3.63) is 94.9 Å². The summed E-state index contributed by atoms with van der Waals surface area (Å²) in [4.78, 5) is 14.6. The summed E-state index contributed by atoms with van der Waals surface area (Å²) in [7, 11) is 0. The van der Waals surface area contributed by atoms with Gasteiger partial charge in [-0.15, -0.1) is 0 Å². The molecule has 0 saturated heterocycles. The molecular weight excluding hydrogens is 362 g/mol. The molecule has 1 aliphatic rings. The first-order chi connectivity index (χ1) is 13.6. The quantitative estimate of drug-likeness (QED) is 0.723. The van der Waals surface area contributed by atoms with Crippen LogP contribution in [0.4, 0.5) is 8.78 Å². The van der Waals surface area contributed by atoms with Crippen LogP contribution in [0.2, 0.25) is 0 Å². The van der Waals surface area contributed by atoms with Crippen LogP contribution in [0.5, 0.6) is 0 Å². The molecule has 0 unspecified atom stereocenters. The molecule has 1 aromatic heterocycles. The average molecular weight is 382 g/mol.